The molecular weight excluding hydrogens is 174 g/mol. The van der Waals surface area contributed by atoms with E-state index in [9.17, 15) is 0 Å². The Morgan fingerprint density at radius 2 is 2.29 bits per heavy atom. The third-order valence-corrected chi connectivity index (χ3v) is 2.26. The molecule has 76 valence electrons. The summed E-state index contributed by atoms with van der Waals surface area (Å²) in [4.78, 5) is 0. The van der Waals surface area contributed by atoms with Gasteiger partial charge in [-0.1, -0.05) is 19.1 Å². The summed E-state index contributed by atoms with van der Waals surface area (Å²) in [5, 5.41) is 0. The van der Waals surface area contributed by atoms with Crippen molar-refractivity contribution in [3.8, 4) is 0 Å². The van der Waals surface area contributed by atoms with Gasteiger partial charge in [-0.15, -0.1) is 0 Å². The normalized spacial score (nSPS) is 15.6. The number of hydrogen-bond acceptors (Lipinski definition) is 2. The smallest absolute Gasteiger partial charge is 0.110 e. The van der Waals surface area contributed by atoms with Crippen molar-refractivity contribution in [1.82, 2.24) is 0 Å². The van der Waals surface area contributed by atoms with E-state index in [0.29, 0.717) is 0 Å². The molecule has 0 aromatic carbocycles. The predicted molar refractivity (Wildman–Crippen MR) is 58.8 cm³/mol. The van der Waals surface area contributed by atoms with Gasteiger partial charge in [0.1, 0.15) is 5.76 Å². The Hall–Kier alpha value is -1.44. The molecule has 0 radical (unpaired) electrons. The minimum atomic E-state index is 0.267. The van der Waals surface area contributed by atoms with Gasteiger partial charge in [0.25, 0.3) is 0 Å². The van der Waals surface area contributed by atoms with Crippen LogP contribution >= 0.6 is 0 Å². The van der Waals surface area contributed by atoms with E-state index in [0.717, 1.165) is 17.0 Å². The third-order valence-electron chi connectivity index (χ3n) is 2.26. The Balaban J connectivity index is 2.78. The molecular formula is C12H17NO. The Labute approximate surface area is 85.1 Å². The van der Waals surface area contributed by atoms with Crippen molar-refractivity contribution in [1.29, 1.82) is 0 Å². The van der Waals surface area contributed by atoms with Gasteiger partial charge < -0.3 is 10.2 Å². The summed E-state index contributed by atoms with van der Waals surface area (Å²) in [6, 6.07) is 3.87. The SMILES string of the molecule is C/C=C(N)\C(C)=C/C(C)c1ccco1. The molecule has 1 atom stereocenters. The van der Waals surface area contributed by atoms with E-state index in [-0.39, 0.29) is 5.92 Å². The van der Waals surface area contributed by atoms with Crippen LogP contribution in [0.5, 0.6) is 0 Å². The van der Waals surface area contributed by atoms with Gasteiger partial charge in [0.15, 0.2) is 0 Å². The van der Waals surface area contributed by atoms with Crippen molar-refractivity contribution >= 4 is 0 Å². The van der Waals surface area contributed by atoms with Crippen LogP contribution in [0.15, 0.2) is 46.2 Å². The lowest BCUT2D eigenvalue weighted by Crippen LogP contribution is -1.99. The molecule has 2 nitrogen and oxygen atoms in total. The summed E-state index contributed by atoms with van der Waals surface area (Å²) in [5.74, 6) is 1.23. The second-order valence-electron chi connectivity index (χ2n) is 3.40. The first-order valence-corrected chi connectivity index (χ1v) is 4.79. The zero-order valence-electron chi connectivity index (χ0n) is 8.95. The summed E-state index contributed by atoms with van der Waals surface area (Å²) >= 11 is 0. The zero-order chi connectivity index (χ0) is 10.6. The Bertz CT molecular complexity index is 333. The molecule has 2 N–H and O–H groups in total. The molecule has 1 rings (SSSR count). The molecule has 1 heterocycles. The summed E-state index contributed by atoms with van der Waals surface area (Å²) in [6.45, 7) is 6.03. The first-order chi connectivity index (χ1) is 6.65. The van der Waals surface area contributed by atoms with E-state index in [2.05, 4.69) is 13.0 Å². The quantitative estimate of drug-likeness (QED) is 0.745. The van der Waals surface area contributed by atoms with Crippen molar-refractivity contribution in [2.75, 3.05) is 0 Å². The molecule has 0 saturated heterocycles. The fourth-order valence-electron chi connectivity index (χ4n) is 1.33. The van der Waals surface area contributed by atoms with Crippen LogP contribution in [0.2, 0.25) is 0 Å². The lowest BCUT2D eigenvalue weighted by molar-refractivity contribution is 0.499. The summed E-state index contributed by atoms with van der Waals surface area (Å²) < 4.78 is 5.30. The lowest BCUT2D eigenvalue weighted by atomic mass is 10.0. The maximum absolute atomic E-state index is 5.78. The van der Waals surface area contributed by atoms with Crippen molar-refractivity contribution in [3.05, 3.63) is 47.6 Å². The van der Waals surface area contributed by atoms with Gasteiger partial charge in [0.2, 0.25) is 0 Å². The molecule has 1 aromatic rings. The standard InChI is InChI=1S/C12H17NO/c1-4-11(13)9(2)8-10(3)12-6-5-7-14-12/h4-8,10H,13H2,1-3H3/b9-8-,11-4+. The largest absolute Gasteiger partial charge is 0.469 e. The molecule has 0 bridgehead atoms. The molecule has 1 unspecified atom stereocenters. The van der Waals surface area contributed by atoms with Crippen LogP contribution in [0.1, 0.15) is 32.4 Å². The second-order valence-corrected chi connectivity index (χ2v) is 3.40. The fourth-order valence-corrected chi connectivity index (χ4v) is 1.33. The molecule has 0 spiro atoms. The number of rotatable bonds is 3. The minimum Gasteiger partial charge on any atom is -0.469 e. The van der Waals surface area contributed by atoms with Gasteiger partial charge in [-0.05, 0) is 31.6 Å². The predicted octanol–water partition coefficient (Wildman–Crippen LogP) is 3.19. The van der Waals surface area contributed by atoms with E-state index < -0.39 is 0 Å². The van der Waals surface area contributed by atoms with Crippen LogP contribution in [-0.2, 0) is 0 Å². The Kier molecular flexibility index (Phi) is 3.57. The average molecular weight is 191 g/mol. The Morgan fingerprint density at radius 3 is 2.79 bits per heavy atom. The monoisotopic (exact) mass is 191 g/mol. The third kappa shape index (κ3) is 2.52. The van der Waals surface area contributed by atoms with Crippen molar-refractivity contribution < 1.29 is 4.42 Å². The maximum atomic E-state index is 5.78. The van der Waals surface area contributed by atoms with Crippen molar-refractivity contribution in [3.63, 3.8) is 0 Å². The van der Waals surface area contributed by atoms with E-state index in [1.807, 2.05) is 32.1 Å². The fraction of sp³-hybridized carbons (Fsp3) is 0.333. The number of nitrogens with two attached hydrogens (primary N) is 1. The molecule has 2 heteroatoms. The van der Waals surface area contributed by atoms with Gasteiger partial charge in [-0.25, -0.2) is 0 Å². The minimum absolute atomic E-state index is 0.267. The van der Waals surface area contributed by atoms with Crippen LogP contribution in [0.3, 0.4) is 0 Å². The maximum Gasteiger partial charge on any atom is 0.110 e. The molecule has 0 aliphatic carbocycles. The number of furan rings is 1. The van der Waals surface area contributed by atoms with Gasteiger partial charge >= 0.3 is 0 Å². The van der Waals surface area contributed by atoms with Crippen LogP contribution in [0.4, 0.5) is 0 Å². The highest BCUT2D eigenvalue weighted by Crippen LogP contribution is 2.19. The topological polar surface area (TPSA) is 39.2 Å². The van der Waals surface area contributed by atoms with E-state index in [4.69, 9.17) is 10.2 Å². The first kappa shape index (κ1) is 10.6. The second kappa shape index (κ2) is 4.70. The molecule has 0 aliphatic heterocycles. The zero-order valence-corrected chi connectivity index (χ0v) is 8.95. The van der Waals surface area contributed by atoms with Crippen LogP contribution in [0.25, 0.3) is 0 Å². The van der Waals surface area contributed by atoms with Crippen molar-refractivity contribution in [2.45, 2.75) is 26.7 Å². The molecule has 0 aliphatic rings. The lowest BCUT2D eigenvalue weighted by Gasteiger charge is -2.05. The van der Waals surface area contributed by atoms with Crippen molar-refractivity contribution in [2.24, 2.45) is 5.73 Å². The molecule has 14 heavy (non-hydrogen) atoms. The van der Waals surface area contributed by atoms with Crippen LogP contribution in [0, 0.1) is 0 Å². The molecule has 0 saturated carbocycles. The van der Waals surface area contributed by atoms with Gasteiger partial charge in [0, 0.05) is 11.6 Å². The van der Waals surface area contributed by atoms with Gasteiger partial charge in [0.05, 0.1) is 6.26 Å². The summed E-state index contributed by atoms with van der Waals surface area (Å²) in [5.41, 5.74) is 7.70. The molecule has 1 aromatic heterocycles. The van der Waals surface area contributed by atoms with E-state index in [1.54, 1.807) is 6.26 Å². The van der Waals surface area contributed by atoms with E-state index >= 15 is 0 Å². The van der Waals surface area contributed by atoms with Gasteiger partial charge in [-0.2, -0.15) is 0 Å². The molecule has 0 fully saturated rings. The first-order valence-electron chi connectivity index (χ1n) is 4.79. The number of allylic oxidation sites excluding steroid dienone is 3. The highest BCUT2D eigenvalue weighted by molar-refractivity contribution is 5.28. The number of hydrogen-bond donors (Lipinski definition) is 1. The highest BCUT2D eigenvalue weighted by atomic mass is 16.3. The van der Waals surface area contributed by atoms with Crippen LogP contribution in [-0.4, -0.2) is 0 Å². The Morgan fingerprint density at radius 1 is 1.57 bits per heavy atom. The summed E-state index contributed by atoms with van der Waals surface area (Å²) in [6.07, 6.45) is 5.70. The van der Waals surface area contributed by atoms with Gasteiger partial charge in [-0.3, -0.25) is 0 Å². The van der Waals surface area contributed by atoms with Crippen LogP contribution < -0.4 is 5.73 Å². The average Bonchev–Trinajstić information content (AvgIpc) is 2.69. The highest BCUT2D eigenvalue weighted by Gasteiger charge is 2.05. The van der Waals surface area contributed by atoms with E-state index in [1.165, 1.54) is 0 Å². The summed E-state index contributed by atoms with van der Waals surface area (Å²) in [7, 11) is 0. The molecule has 0 amide bonds.